The minimum atomic E-state index is -3.58. The van der Waals surface area contributed by atoms with Gasteiger partial charge in [-0.25, -0.2) is 18.1 Å². The van der Waals surface area contributed by atoms with E-state index in [1.54, 1.807) is 11.3 Å². The number of aryl methyl sites for hydroxylation is 1. The highest BCUT2D eigenvalue weighted by atomic mass is 35.5. The molecular weight excluding hydrogens is 318 g/mol. The molecule has 3 N–H and O–H groups in total. The van der Waals surface area contributed by atoms with Crippen LogP contribution >= 0.6 is 22.9 Å². The molecule has 0 spiro atoms. The molecule has 5 nitrogen and oxygen atoms in total. The summed E-state index contributed by atoms with van der Waals surface area (Å²) >= 11 is 7.37. The van der Waals surface area contributed by atoms with Crippen molar-refractivity contribution in [3.8, 4) is 0 Å². The van der Waals surface area contributed by atoms with Crippen molar-refractivity contribution in [2.45, 2.75) is 18.2 Å². The number of nitrogens with two attached hydrogens (primary N) is 1. The van der Waals surface area contributed by atoms with Crippen LogP contribution in [0.2, 0.25) is 5.02 Å². The smallest absolute Gasteiger partial charge is 0.240 e. The molecule has 0 radical (unpaired) electrons. The molecule has 1 aromatic heterocycles. The van der Waals surface area contributed by atoms with Gasteiger partial charge in [-0.05, 0) is 25.1 Å². The SMILES string of the molecule is Cc1nc(CCNS(=O)(=O)c2ccc(N)c(Cl)c2)cs1. The standard InChI is InChI=1S/C12H14ClN3O2S2/c1-8-16-9(7-19-8)4-5-15-20(17,18)10-2-3-12(14)11(13)6-10/h2-3,6-7,15H,4-5,14H2,1H3. The van der Waals surface area contributed by atoms with Crippen LogP contribution in [-0.4, -0.2) is 19.9 Å². The Labute approximate surface area is 126 Å². The van der Waals surface area contributed by atoms with Crippen LogP contribution in [-0.2, 0) is 16.4 Å². The minimum Gasteiger partial charge on any atom is -0.398 e. The number of halogens is 1. The van der Waals surface area contributed by atoms with Crippen molar-refractivity contribution in [2.75, 3.05) is 12.3 Å². The maximum absolute atomic E-state index is 12.1. The molecular formula is C12H14ClN3O2S2. The highest BCUT2D eigenvalue weighted by Crippen LogP contribution is 2.22. The summed E-state index contributed by atoms with van der Waals surface area (Å²) in [4.78, 5) is 4.38. The predicted octanol–water partition coefficient (Wildman–Crippen LogP) is 2.21. The fourth-order valence-electron chi connectivity index (χ4n) is 1.59. The van der Waals surface area contributed by atoms with Crippen LogP contribution < -0.4 is 10.5 Å². The van der Waals surface area contributed by atoms with Gasteiger partial charge in [0.15, 0.2) is 0 Å². The molecule has 20 heavy (non-hydrogen) atoms. The highest BCUT2D eigenvalue weighted by molar-refractivity contribution is 7.89. The Hall–Kier alpha value is -1.15. The summed E-state index contributed by atoms with van der Waals surface area (Å²) in [7, 11) is -3.58. The molecule has 0 bridgehead atoms. The van der Waals surface area contributed by atoms with Crippen molar-refractivity contribution >= 4 is 38.6 Å². The van der Waals surface area contributed by atoms with E-state index in [-0.39, 0.29) is 16.5 Å². The van der Waals surface area contributed by atoms with Gasteiger partial charge >= 0.3 is 0 Å². The average Bonchev–Trinajstić information content (AvgIpc) is 2.78. The second kappa shape index (κ2) is 6.09. The van der Waals surface area contributed by atoms with Crippen molar-refractivity contribution in [3.05, 3.63) is 39.3 Å². The Bertz CT molecular complexity index is 713. The zero-order valence-corrected chi connectivity index (χ0v) is 13.1. The van der Waals surface area contributed by atoms with E-state index in [1.807, 2.05) is 12.3 Å². The number of anilines is 1. The number of nitrogens with one attached hydrogen (secondary N) is 1. The summed E-state index contributed by atoms with van der Waals surface area (Å²) in [6, 6.07) is 4.24. The number of nitrogen functional groups attached to an aromatic ring is 1. The van der Waals surface area contributed by atoms with Gasteiger partial charge in [0.05, 0.1) is 26.3 Å². The number of nitrogens with zero attached hydrogens (tertiary/aromatic N) is 1. The van der Waals surface area contributed by atoms with Crippen molar-refractivity contribution in [1.29, 1.82) is 0 Å². The van der Waals surface area contributed by atoms with E-state index < -0.39 is 10.0 Å². The third-order valence-electron chi connectivity index (χ3n) is 2.62. The Kier molecular flexibility index (Phi) is 4.64. The number of thiazole rings is 1. The van der Waals surface area contributed by atoms with Crippen LogP contribution in [0, 0.1) is 6.92 Å². The van der Waals surface area contributed by atoms with Crippen molar-refractivity contribution < 1.29 is 8.42 Å². The molecule has 0 fully saturated rings. The first kappa shape index (κ1) is 15.2. The molecule has 2 rings (SSSR count). The van der Waals surface area contributed by atoms with E-state index in [1.165, 1.54) is 18.2 Å². The molecule has 1 heterocycles. The monoisotopic (exact) mass is 331 g/mol. The lowest BCUT2D eigenvalue weighted by atomic mass is 10.3. The van der Waals surface area contributed by atoms with Crippen molar-refractivity contribution in [1.82, 2.24) is 9.71 Å². The van der Waals surface area contributed by atoms with Gasteiger partial charge in [0.25, 0.3) is 0 Å². The van der Waals surface area contributed by atoms with Gasteiger partial charge < -0.3 is 5.73 Å². The van der Waals surface area contributed by atoms with Crippen molar-refractivity contribution in [2.24, 2.45) is 0 Å². The number of benzene rings is 1. The van der Waals surface area contributed by atoms with E-state index in [4.69, 9.17) is 17.3 Å². The van der Waals surface area contributed by atoms with Gasteiger partial charge in [-0.3, -0.25) is 0 Å². The summed E-state index contributed by atoms with van der Waals surface area (Å²) in [6.07, 6.45) is 0.548. The third kappa shape index (κ3) is 3.69. The number of hydrogen-bond acceptors (Lipinski definition) is 5. The molecule has 0 aliphatic carbocycles. The topological polar surface area (TPSA) is 85.1 Å². The molecule has 2 aromatic rings. The van der Waals surface area contributed by atoms with E-state index in [9.17, 15) is 8.42 Å². The zero-order valence-electron chi connectivity index (χ0n) is 10.8. The fraction of sp³-hybridized carbons (Fsp3) is 0.250. The van der Waals surface area contributed by atoms with Crippen LogP contribution in [0.1, 0.15) is 10.7 Å². The van der Waals surface area contributed by atoms with E-state index >= 15 is 0 Å². The molecule has 108 valence electrons. The fourth-order valence-corrected chi connectivity index (χ4v) is 3.54. The highest BCUT2D eigenvalue weighted by Gasteiger charge is 2.14. The normalized spacial score (nSPS) is 11.7. The van der Waals surface area contributed by atoms with Gasteiger partial charge in [-0.15, -0.1) is 11.3 Å². The second-order valence-corrected chi connectivity index (χ2v) is 7.43. The molecule has 0 amide bonds. The number of hydrogen-bond donors (Lipinski definition) is 2. The molecule has 1 aromatic carbocycles. The molecule has 0 aliphatic heterocycles. The summed E-state index contributed by atoms with van der Waals surface area (Å²) in [6.45, 7) is 2.20. The maximum Gasteiger partial charge on any atom is 0.240 e. The van der Waals surface area contributed by atoms with Crippen LogP contribution in [0.15, 0.2) is 28.5 Å². The van der Waals surface area contributed by atoms with Gasteiger partial charge in [0.1, 0.15) is 0 Å². The largest absolute Gasteiger partial charge is 0.398 e. The maximum atomic E-state index is 12.1. The zero-order chi connectivity index (χ0) is 14.8. The lowest BCUT2D eigenvalue weighted by molar-refractivity contribution is 0.581. The lowest BCUT2D eigenvalue weighted by Crippen LogP contribution is -2.26. The summed E-state index contributed by atoms with van der Waals surface area (Å²) < 4.78 is 26.6. The third-order valence-corrected chi connectivity index (χ3v) is 5.23. The van der Waals surface area contributed by atoms with Crippen LogP contribution in [0.3, 0.4) is 0 Å². The molecule has 0 aliphatic rings. The molecule has 0 saturated heterocycles. The lowest BCUT2D eigenvalue weighted by Gasteiger charge is -2.07. The first-order valence-electron chi connectivity index (χ1n) is 5.84. The van der Waals surface area contributed by atoms with Crippen LogP contribution in [0.25, 0.3) is 0 Å². The number of aromatic nitrogens is 1. The molecule has 8 heteroatoms. The van der Waals surface area contributed by atoms with Crippen LogP contribution in [0.4, 0.5) is 5.69 Å². The molecule has 0 atom stereocenters. The minimum absolute atomic E-state index is 0.103. The van der Waals surface area contributed by atoms with Gasteiger partial charge in [-0.2, -0.15) is 0 Å². The Morgan fingerprint density at radius 2 is 2.20 bits per heavy atom. The quantitative estimate of drug-likeness (QED) is 0.822. The van der Waals surface area contributed by atoms with Gasteiger partial charge in [0, 0.05) is 18.3 Å². The van der Waals surface area contributed by atoms with E-state index in [0.717, 1.165) is 10.7 Å². The Balaban J connectivity index is 2.02. The van der Waals surface area contributed by atoms with E-state index in [0.29, 0.717) is 12.1 Å². The number of sulfonamides is 1. The molecule has 0 unspecified atom stereocenters. The number of rotatable bonds is 5. The Morgan fingerprint density at radius 1 is 1.45 bits per heavy atom. The summed E-state index contributed by atoms with van der Waals surface area (Å²) in [5.74, 6) is 0. The second-order valence-electron chi connectivity index (χ2n) is 4.19. The first-order chi connectivity index (χ1) is 9.38. The van der Waals surface area contributed by atoms with Crippen molar-refractivity contribution in [3.63, 3.8) is 0 Å². The van der Waals surface area contributed by atoms with Crippen LogP contribution in [0.5, 0.6) is 0 Å². The summed E-state index contributed by atoms with van der Waals surface area (Å²) in [5.41, 5.74) is 6.79. The van der Waals surface area contributed by atoms with Gasteiger partial charge in [0.2, 0.25) is 10.0 Å². The predicted molar refractivity (Wildman–Crippen MR) is 81.6 cm³/mol. The van der Waals surface area contributed by atoms with Gasteiger partial charge in [-0.1, -0.05) is 11.6 Å². The summed E-state index contributed by atoms with van der Waals surface area (Å²) in [5, 5.41) is 3.11. The average molecular weight is 332 g/mol. The Morgan fingerprint density at radius 3 is 2.80 bits per heavy atom. The molecule has 0 saturated carbocycles. The van der Waals surface area contributed by atoms with E-state index in [2.05, 4.69) is 9.71 Å². The first-order valence-corrected chi connectivity index (χ1v) is 8.58.